The van der Waals surface area contributed by atoms with E-state index in [1.807, 2.05) is 6.92 Å². The molecule has 0 spiro atoms. The molecule has 0 radical (unpaired) electrons. The minimum absolute atomic E-state index is 0.236. The van der Waals surface area contributed by atoms with E-state index in [2.05, 4.69) is 11.8 Å². The lowest BCUT2D eigenvalue weighted by Gasteiger charge is -2.06. The van der Waals surface area contributed by atoms with Gasteiger partial charge < -0.3 is 4.74 Å². The first-order valence-corrected chi connectivity index (χ1v) is 13.9. The zero-order chi connectivity index (χ0) is 23.3. The highest BCUT2D eigenvalue weighted by Gasteiger charge is 2.14. The third-order valence-electron chi connectivity index (χ3n) is 5.52. The summed E-state index contributed by atoms with van der Waals surface area (Å²) >= 11 is 0. The molecule has 0 fully saturated rings. The highest BCUT2D eigenvalue weighted by molar-refractivity contribution is 7.86. The third-order valence-corrected chi connectivity index (χ3v) is 6.85. The number of hydrogen-bond donors (Lipinski definition) is 0. The largest absolute Gasteiger partial charge is 0.385 e. The van der Waals surface area contributed by atoms with Crippen LogP contribution in [0.15, 0.2) is 29.2 Å². The summed E-state index contributed by atoms with van der Waals surface area (Å²) in [6, 6.07) is 6.77. The van der Waals surface area contributed by atoms with Crippen molar-refractivity contribution in [3.8, 4) is 11.8 Å². The summed E-state index contributed by atoms with van der Waals surface area (Å²) in [5.41, 5.74) is 1.03. The molecule has 0 aliphatic rings. The Morgan fingerprint density at radius 2 is 1.09 bits per heavy atom. The Labute approximate surface area is 197 Å². The molecule has 0 atom stereocenters. The van der Waals surface area contributed by atoms with Crippen molar-refractivity contribution in [2.24, 2.45) is 0 Å². The van der Waals surface area contributed by atoms with Crippen LogP contribution >= 0.6 is 0 Å². The smallest absolute Gasteiger partial charge is 0.296 e. The monoisotopic (exact) mass is 464 g/mol. The number of methoxy groups -OCH3 is 1. The van der Waals surface area contributed by atoms with Gasteiger partial charge in [-0.2, -0.15) is 8.42 Å². The zero-order valence-corrected chi connectivity index (χ0v) is 21.2. The Bertz CT molecular complexity index is 729. The van der Waals surface area contributed by atoms with Crippen LogP contribution in [0.5, 0.6) is 0 Å². The third kappa shape index (κ3) is 15.5. The van der Waals surface area contributed by atoms with Gasteiger partial charge in [0.05, 0.1) is 11.5 Å². The van der Waals surface area contributed by atoms with Crippen LogP contribution in [0.4, 0.5) is 0 Å². The summed E-state index contributed by atoms with van der Waals surface area (Å²) in [4.78, 5) is 0.236. The van der Waals surface area contributed by atoms with E-state index < -0.39 is 10.1 Å². The first kappa shape index (κ1) is 28.7. The van der Waals surface area contributed by atoms with E-state index in [0.717, 1.165) is 44.3 Å². The molecule has 182 valence electrons. The van der Waals surface area contributed by atoms with Crippen LogP contribution in [-0.4, -0.2) is 28.7 Å². The Morgan fingerprint density at radius 1 is 0.656 bits per heavy atom. The molecule has 4 nitrogen and oxygen atoms in total. The summed E-state index contributed by atoms with van der Waals surface area (Å²) in [7, 11) is -1.85. The van der Waals surface area contributed by atoms with Gasteiger partial charge in [0.15, 0.2) is 0 Å². The van der Waals surface area contributed by atoms with E-state index in [4.69, 9.17) is 8.92 Å². The van der Waals surface area contributed by atoms with Crippen LogP contribution in [0, 0.1) is 18.8 Å². The van der Waals surface area contributed by atoms with Gasteiger partial charge in [0.1, 0.15) is 0 Å². The summed E-state index contributed by atoms with van der Waals surface area (Å²) < 4.78 is 34.4. The molecular formula is C27H44O4S. The number of ether oxygens (including phenoxy) is 1. The number of unbranched alkanes of at least 4 members (excludes halogenated alkanes) is 13. The molecule has 0 heterocycles. The molecule has 0 saturated heterocycles. The Hall–Kier alpha value is -1.35. The summed E-state index contributed by atoms with van der Waals surface area (Å²) in [6.07, 6.45) is 17.4. The molecule has 0 saturated carbocycles. The van der Waals surface area contributed by atoms with Gasteiger partial charge in [-0.1, -0.05) is 75.5 Å². The van der Waals surface area contributed by atoms with Gasteiger partial charge in [-0.05, 0) is 44.7 Å². The Morgan fingerprint density at radius 3 is 1.59 bits per heavy atom. The van der Waals surface area contributed by atoms with E-state index in [1.165, 1.54) is 64.2 Å². The van der Waals surface area contributed by atoms with E-state index in [9.17, 15) is 8.42 Å². The highest BCUT2D eigenvalue weighted by atomic mass is 32.2. The molecule has 32 heavy (non-hydrogen) atoms. The normalized spacial score (nSPS) is 11.3. The predicted molar refractivity (Wildman–Crippen MR) is 133 cm³/mol. The van der Waals surface area contributed by atoms with Gasteiger partial charge in [-0.3, -0.25) is 4.18 Å². The number of benzene rings is 1. The number of rotatable bonds is 19. The average Bonchev–Trinajstić information content (AvgIpc) is 2.78. The minimum atomic E-state index is -3.62. The SMILES string of the molecule is COCCCCCCCCC#CCCCCCCCCCOS(=O)(=O)c1ccc(C)cc1. The maximum absolute atomic E-state index is 12.1. The minimum Gasteiger partial charge on any atom is -0.385 e. The molecule has 0 bridgehead atoms. The van der Waals surface area contributed by atoms with E-state index in [0.29, 0.717) is 0 Å². The van der Waals surface area contributed by atoms with Gasteiger partial charge in [-0.25, -0.2) is 0 Å². The molecule has 1 rings (SSSR count). The lowest BCUT2D eigenvalue weighted by molar-refractivity contribution is 0.192. The van der Waals surface area contributed by atoms with E-state index >= 15 is 0 Å². The van der Waals surface area contributed by atoms with Crippen LogP contribution < -0.4 is 0 Å². The van der Waals surface area contributed by atoms with Crippen LogP contribution in [0.1, 0.15) is 102 Å². The Balaban J connectivity index is 1.86. The quantitative estimate of drug-likeness (QED) is 0.123. The first-order chi connectivity index (χ1) is 15.6. The van der Waals surface area contributed by atoms with Crippen molar-refractivity contribution in [3.63, 3.8) is 0 Å². The molecule has 0 aliphatic carbocycles. The summed E-state index contributed by atoms with van der Waals surface area (Å²) in [5, 5.41) is 0. The standard InChI is InChI=1S/C27H44O4S/c1-26-20-22-27(23-21-26)32(28,29)31-25-19-17-15-13-11-9-7-5-3-4-6-8-10-12-14-16-18-24-30-2/h20-23H,5-19,24-25H2,1-2H3. The first-order valence-electron chi connectivity index (χ1n) is 12.5. The second-order valence-corrected chi connectivity index (χ2v) is 10.1. The van der Waals surface area contributed by atoms with Gasteiger partial charge in [0.25, 0.3) is 10.1 Å². The molecular weight excluding hydrogens is 420 g/mol. The van der Waals surface area contributed by atoms with Gasteiger partial charge in [0, 0.05) is 26.6 Å². The van der Waals surface area contributed by atoms with E-state index in [-0.39, 0.29) is 11.5 Å². The Kier molecular flexibility index (Phi) is 17.2. The predicted octanol–water partition coefficient (Wildman–Crippen LogP) is 7.20. The molecule has 5 heteroatoms. The maximum Gasteiger partial charge on any atom is 0.296 e. The number of aryl methyl sites for hydroxylation is 1. The van der Waals surface area contributed by atoms with Crippen molar-refractivity contribution in [2.45, 2.75) is 108 Å². The topological polar surface area (TPSA) is 52.6 Å². The fourth-order valence-electron chi connectivity index (χ4n) is 3.48. The number of hydrogen-bond acceptors (Lipinski definition) is 4. The van der Waals surface area contributed by atoms with Crippen molar-refractivity contribution < 1.29 is 17.3 Å². The van der Waals surface area contributed by atoms with Crippen molar-refractivity contribution in [1.82, 2.24) is 0 Å². The molecule has 1 aromatic rings. The summed E-state index contributed by atoms with van der Waals surface area (Å²) in [6.45, 7) is 3.09. The lowest BCUT2D eigenvalue weighted by Crippen LogP contribution is -2.07. The van der Waals surface area contributed by atoms with Crippen molar-refractivity contribution in [3.05, 3.63) is 29.8 Å². The fraction of sp³-hybridized carbons (Fsp3) is 0.704. The highest BCUT2D eigenvalue weighted by Crippen LogP contribution is 2.14. The lowest BCUT2D eigenvalue weighted by atomic mass is 10.1. The van der Waals surface area contributed by atoms with Gasteiger partial charge in [0.2, 0.25) is 0 Å². The second-order valence-electron chi connectivity index (χ2n) is 8.53. The van der Waals surface area contributed by atoms with Crippen molar-refractivity contribution >= 4 is 10.1 Å². The van der Waals surface area contributed by atoms with Crippen LogP contribution in [0.25, 0.3) is 0 Å². The molecule has 0 unspecified atom stereocenters. The molecule has 0 aromatic heterocycles. The summed E-state index contributed by atoms with van der Waals surface area (Å²) in [5.74, 6) is 6.63. The van der Waals surface area contributed by atoms with Crippen LogP contribution in [0.3, 0.4) is 0 Å². The van der Waals surface area contributed by atoms with Crippen molar-refractivity contribution in [1.29, 1.82) is 0 Å². The molecule has 0 aliphatic heterocycles. The average molecular weight is 465 g/mol. The van der Waals surface area contributed by atoms with E-state index in [1.54, 1.807) is 31.4 Å². The van der Waals surface area contributed by atoms with Crippen LogP contribution in [-0.2, 0) is 19.0 Å². The van der Waals surface area contributed by atoms with Crippen LogP contribution in [0.2, 0.25) is 0 Å². The molecule has 0 N–H and O–H groups in total. The second kappa shape index (κ2) is 19.1. The zero-order valence-electron chi connectivity index (χ0n) is 20.4. The molecule has 0 amide bonds. The van der Waals surface area contributed by atoms with Gasteiger partial charge in [-0.15, -0.1) is 11.8 Å². The maximum atomic E-state index is 12.1. The molecule has 1 aromatic carbocycles. The van der Waals surface area contributed by atoms with Crippen molar-refractivity contribution in [2.75, 3.05) is 20.3 Å². The fourth-order valence-corrected chi connectivity index (χ4v) is 4.43. The van der Waals surface area contributed by atoms with Gasteiger partial charge >= 0.3 is 0 Å².